The van der Waals surface area contributed by atoms with Gasteiger partial charge in [0.15, 0.2) is 0 Å². The molecule has 0 aliphatic heterocycles. The topological polar surface area (TPSA) is 103 Å². The molecule has 0 fully saturated rings. The Morgan fingerprint density at radius 2 is 1.71 bits per heavy atom. The smallest absolute Gasteiger partial charge is 0.336 e. The van der Waals surface area contributed by atoms with Crippen molar-refractivity contribution in [1.82, 2.24) is 4.72 Å². The Hall–Kier alpha value is -2.97. The highest BCUT2D eigenvalue weighted by atomic mass is 32.2. The zero-order valence-corrected chi connectivity index (χ0v) is 21.4. The molecule has 0 aliphatic rings. The molecule has 1 N–H and O–H groups in total. The highest BCUT2D eigenvalue weighted by Crippen LogP contribution is 2.31. The lowest BCUT2D eigenvalue weighted by Gasteiger charge is -2.12. The summed E-state index contributed by atoms with van der Waals surface area (Å²) in [7, 11) is -3.53. The van der Waals surface area contributed by atoms with E-state index in [1.54, 1.807) is 36.4 Å². The molecule has 188 valence electrons. The number of aryl methyl sites for hydroxylation is 3. The first-order valence-corrected chi connectivity index (χ1v) is 13.5. The fourth-order valence-corrected chi connectivity index (χ4v) is 4.94. The Morgan fingerprint density at radius 3 is 2.43 bits per heavy atom. The third-order valence-electron chi connectivity index (χ3n) is 5.74. The number of unbranched alkanes of at least 4 members (excludes halogenated alkanes) is 3. The van der Waals surface area contributed by atoms with Crippen LogP contribution in [0.2, 0.25) is 0 Å². The Balaban J connectivity index is 1.54. The quantitative estimate of drug-likeness (QED) is 0.159. The molecule has 0 spiro atoms. The molecule has 7 nitrogen and oxygen atoms in total. The number of carbonyl (C=O) groups is 1. The van der Waals surface area contributed by atoms with Gasteiger partial charge in [-0.25, -0.2) is 17.9 Å². The Bertz CT molecular complexity index is 1330. The molecule has 0 unspecified atom stereocenters. The number of nitrogens with one attached hydrogen (secondary N) is 1. The van der Waals surface area contributed by atoms with Crippen molar-refractivity contribution in [3.63, 3.8) is 0 Å². The molecule has 0 amide bonds. The molecule has 8 heteroatoms. The Morgan fingerprint density at radius 1 is 0.971 bits per heavy atom. The first kappa shape index (κ1) is 26.6. The maximum Gasteiger partial charge on any atom is 0.336 e. The van der Waals surface area contributed by atoms with Crippen molar-refractivity contribution >= 4 is 27.0 Å². The van der Waals surface area contributed by atoms with Crippen molar-refractivity contribution < 1.29 is 22.4 Å². The minimum atomic E-state index is -3.53. The largest absolute Gasteiger partial charge is 0.426 e. The van der Waals surface area contributed by atoms with E-state index in [1.165, 1.54) is 6.07 Å². The van der Waals surface area contributed by atoms with Crippen molar-refractivity contribution in [2.45, 2.75) is 70.6 Å². The fourth-order valence-electron chi connectivity index (χ4n) is 3.87. The van der Waals surface area contributed by atoms with Crippen LogP contribution in [-0.4, -0.2) is 20.9 Å². The van der Waals surface area contributed by atoms with E-state index in [0.29, 0.717) is 48.9 Å². The van der Waals surface area contributed by atoms with E-state index >= 15 is 0 Å². The van der Waals surface area contributed by atoms with Gasteiger partial charge in [0.2, 0.25) is 10.0 Å². The number of esters is 1. The van der Waals surface area contributed by atoms with Crippen molar-refractivity contribution in [2.75, 3.05) is 6.54 Å². The van der Waals surface area contributed by atoms with E-state index in [9.17, 15) is 18.0 Å². The molecule has 1 aromatic heterocycles. The van der Waals surface area contributed by atoms with E-state index < -0.39 is 15.6 Å². The van der Waals surface area contributed by atoms with Gasteiger partial charge in [-0.15, -0.1) is 0 Å². The molecule has 3 aromatic rings. The van der Waals surface area contributed by atoms with Crippen LogP contribution in [0.5, 0.6) is 5.75 Å². The number of hydrogen-bond donors (Lipinski definition) is 1. The summed E-state index contributed by atoms with van der Waals surface area (Å²) in [5.74, 6) is 0.0375. The average molecular weight is 500 g/mol. The molecule has 0 saturated heterocycles. The van der Waals surface area contributed by atoms with Gasteiger partial charge in [-0.05, 0) is 74.9 Å². The van der Waals surface area contributed by atoms with E-state index in [2.05, 4.69) is 11.6 Å². The normalized spacial score (nSPS) is 11.6. The predicted molar refractivity (Wildman–Crippen MR) is 136 cm³/mol. The van der Waals surface area contributed by atoms with Crippen LogP contribution < -0.4 is 15.1 Å². The highest BCUT2D eigenvalue weighted by Gasteiger charge is 2.16. The SMILES string of the molecule is CCCCc1cc(=O)oc2cc(C)cc(OC(=O)CCCCCNS(=O)(=O)c3ccc(C)cc3)c12. The number of ether oxygens (including phenoxy) is 1. The summed E-state index contributed by atoms with van der Waals surface area (Å²) in [5, 5.41) is 0.669. The van der Waals surface area contributed by atoms with Crippen LogP contribution >= 0.6 is 0 Å². The van der Waals surface area contributed by atoms with E-state index in [1.807, 2.05) is 13.8 Å². The molecule has 35 heavy (non-hydrogen) atoms. The number of carbonyl (C=O) groups excluding carboxylic acids is 1. The molecule has 3 rings (SSSR count). The summed E-state index contributed by atoms with van der Waals surface area (Å²) in [5.41, 5.74) is 2.66. The van der Waals surface area contributed by atoms with Crippen molar-refractivity contribution in [3.8, 4) is 5.75 Å². The standard InChI is InChI=1S/C27H33NO6S/c1-4-5-9-21-18-26(30)34-24-17-20(3)16-23(27(21)24)33-25(29)10-7-6-8-15-28-35(31,32)22-13-11-19(2)12-14-22/h11-14,16-18,28H,4-10,15H2,1-3H3. The molecule has 0 radical (unpaired) electrons. The molecule has 2 aromatic carbocycles. The number of rotatable bonds is 12. The maximum atomic E-state index is 12.5. The Kier molecular flexibility index (Phi) is 9.23. The second-order valence-electron chi connectivity index (χ2n) is 8.83. The summed E-state index contributed by atoms with van der Waals surface area (Å²) >= 11 is 0. The zero-order chi connectivity index (χ0) is 25.4. The molecule has 1 heterocycles. The third-order valence-corrected chi connectivity index (χ3v) is 7.22. The lowest BCUT2D eigenvalue weighted by molar-refractivity contribution is -0.134. The van der Waals surface area contributed by atoms with E-state index in [0.717, 1.165) is 29.5 Å². The van der Waals surface area contributed by atoms with Crippen LogP contribution in [0.1, 0.15) is 62.1 Å². The van der Waals surface area contributed by atoms with Gasteiger partial charge in [-0.1, -0.05) is 37.5 Å². The molecule has 0 aliphatic carbocycles. The second-order valence-corrected chi connectivity index (χ2v) is 10.6. The average Bonchev–Trinajstić information content (AvgIpc) is 2.79. The highest BCUT2D eigenvalue weighted by molar-refractivity contribution is 7.89. The zero-order valence-electron chi connectivity index (χ0n) is 20.6. The number of sulfonamides is 1. The van der Waals surface area contributed by atoms with Crippen molar-refractivity contribution in [3.05, 3.63) is 69.6 Å². The van der Waals surface area contributed by atoms with Gasteiger partial charge in [0, 0.05) is 19.0 Å². The van der Waals surface area contributed by atoms with Gasteiger partial charge < -0.3 is 9.15 Å². The van der Waals surface area contributed by atoms with Crippen molar-refractivity contribution in [2.24, 2.45) is 0 Å². The monoisotopic (exact) mass is 499 g/mol. The second kappa shape index (κ2) is 12.1. The summed E-state index contributed by atoms with van der Waals surface area (Å²) in [6, 6.07) is 11.7. The molecule has 0 bridgehead atoms. The van der Waals surface area contributed by atoms with Crippen molar-refractivity contribution in [1.29, 1.82) is 0 Å². The fraction of sp³-hybridized carbons (Fsp3) is 0.407. The van der Waals surface area contributed by atoms with Crippen LogP contribution in [0.15, 0.2) is 56.6 Å². The van der Waals surface area contributed by atoms with E-state index in [4.69, 9.17) is 9.15 Å². The predicted octanol–water partition coefficient (Wildman–Crippen LogP) is 5.20. The molecule has 0 saturated carbocycles. The summed E-state index contributed by atoms with van der Waals surface area (Å²) < 4.78 is 38.3. The van der Waals surface area contributed by atoms with Crippen LogP contribution in [0.3, 0.4) is 0 Å². The minimum absolute atomic E-state index is 0.210. The van der Waals surface area contributed by atoms with Gasteiger partial charge in [0.1, 0.15) is 11.3 Å². The van der Waals surface area contributed by atoms with Crippen LogP contribution in [-0.2, 0) is 21.2 Å². The van der Waals surface area contributed by atoms with E-state index in [-0.39, 0.29) is 17.3 Å². The van der Waals surface area contributed by atoms with Gasteiger partial charge in [-0.3, -0.25) is 4.79 Å². The lowest BCUT2D eigenvalue weighted by atomic mass is 10.0. The maximum absolute atomic E-state index is 12.5. The van der Waals surface area contributed by atoms with Gasteiger partial charge in [0.25, 0.3) is 0 Å². The first-order chi connectivity index (χ1) is 16.7. The Labute approximate surface area is 206 Å². The third kappa shape index (κ3) is 7.50. The van der Waals surface area contributed by atoms with Crippen LogP contribution in [0.4, 0.5) is 0 Å². The molecular formula is C27H33NO6S. The van der Waals surface area contributed by atoms with Gasteiger partial charge in [-0.2, -0.15) is 0 Å². The van der Waals surface area contributed by atoms with Crippen LogP contribution in [0, 0.1) is 13.8 Å². The molecular weight excluding hydrogens is 466 g/mol. The number of fused-ring (bicyclic) bond motifs is 1. The van der Waals surface area contributed by atoms with Crippen LogP contribution in [0.25, 0.3) is 11.0 Å². The number of hydrogen-bond acceptors (Lipinski definition) is 6. The minimum Gasteiger partial charge on any atom is -0.426 e. The first-order valence-electron chi connectivity index (χ1n) is 12.0. The molecule has 0 atom stereocenters. The number of benzene rings is 2. The van der Waals surface area contributed by atoms with Gasteiger partial charge >= 0.3 is 11.6 Å². The summed E-state index contributed by atoms with van der Waals surface area (Å²) in [4.78, 5) is 24.8. The summed E-state index contributed by atoms with van der Waals surface area (Å²) in [6.45, 7) is 6.13. The lowest BCUT2D eigenvalue weighted by Crippen LogP contribution is -2.24. The van der Waals surface area contributed by atoms with Gasteiger partial charge in [0.05, 0.1) is 10.3 Å². The summed E-state index contributed by atoms with van der Waals surface area (Å²) in [6.07, 6.45) is 4.66.